The first kappa shape index (κ1) is 12.3. The van der Waals surface area contributed by atoms with Gasteiger partial charge >= 0.3 is 5.97 Å². The molecule has 18 heavy (non-hydrogen) atoms. The molecule has 0 aliphatic heterocycles. The summed E-state index contributed by atoms with van der Waals surface area (Å²) in [5.41, 5.74) is 3.51. The number of aromatic nitrogens is 2. The molecular weight excluding hydrogens is 232 g/mol. The minimum Gasteiger partial charge on any atom is -0.462 e. The quantitative estimate of drug-likeness (QED) is 0.778. The fraction of sp³-hybridized carbons (Fsp3) is 0.308. The maximum atomic E-state index is 11.7. The van der Waals surface area contributed by atoms with Gasteiger partial charge in [0.05, 0.1) is 6.61 Å². The first-order valence-electron chi connectivity index (χ1n) is 5.68. The Morgan fingerprint density at radius 2 is 2.22 bits per heavy atom. The lowest BCUT2D eigenvalue weighted by Crippen LogP contribution is -2.05. The second kappa shape index (κ2) is 5.00. The molecule has 2 aromatic rings. The maximum Gasteiger partial charge on any atom is 0.343 e. The molecule has 2 rings (SSSR count). The minimum absolute atomic E-state index is 0.314. The van der Waals surface area contributed by atoms with Gasteiger partial charge < -0.3 is 9.26 Å². The molecule has 0 bridgehead atoms. The zero-order chi connectivity index (χ0) is 13.1. The highest BCUT2D eigenvalue weighted by atomic mass is 16.5. The van der Waals surface area contributed by atoms with E-state index in [1.807, 2.05) is 19.9 Å². The SMILES string of the molecule is CCOC(=O)c1conc1-c1cnc(C)c(C)c1. The van der Waals surface area contributed by atoms with E-state index in [4.69, 9.17) is 9.26 Å². The topological polar surface area (TPSA) is 65.2 Å². The van der Waals surface area contributed by atoms with Crippen LogP contribution in [0.4, 0.5) is 0 Å². The van der Waals surface area contributed by atoms with Crippen molar-refractivity contribution in [3.05, 3.63) is 35.3 Å². The van der Waals surface area contributed by atoms with E-state index in [0.29, 0.717) is 17.9 Å². The highest BCUT2D eigenvalue weighted by Gasteiger charge is 2.19. The fourth-order valence-electron chi connectivity index (χ4n) is 1.57. The van der Waals surface area contributed by atoms with Gasteiger partial charge in [-0.05, 0) is 32.4 Å². The van der Waals surface area contributed by atoms with Gasteiger partial charge in [0.15, 0.2) is 0 Å². The summed E-state index contributed by atoms with van der Waals surface area (Å²) in [4.78, 5) is 16.0. The van der Waals surface area contributed by atoms with Gasteiger partial charge in [-0.15, -0.1) is 0 Å². The van der Waals surface area contributed by atoms with Gasteiger partial charge in [-0.25, -0.2) is 4.79 Å². The number of aryl methyl sites for hydroxylation is 2. The highest BCUT2D eigenvalue weighted by molar-refractivity contribution is 5.95. The van der Waals surface area contributed by atoms with E-state index in [9.17, 15) is 4.79 Å². The molecule has 0 atom stereocenters. The molecule has 0 spiro atoms. The molecule has 5 heteroatoms. The summed E-state index contributed by atoms with van der Waals surface area (Å²) in [6.07, 6.45) is 2.96. The van der Waals surface area contributed by atoms with Crippen molar-refractivity contribution in [1.29, 1.82) is 0 Å². The number of ether oxygens (including phenoxy) is 1. The molecule has 0 saturated carbocycles. The van der Waals surface area contributed by atoms with Crippen LogP contribution in [0, 0.1) is 13.8 Å². The molecule has 0 radical (unpaired) electrons. The number of nitrogens with zero attached hydrogens (tertiary/aromatic N) is 2. The van der Waals surface area contributed by atoms with Gasteiger partial charge in [-0.3, -0.25) is 4.98 Å². The maximum absolute atomic E-state index is 11.7. The number of hydrogen-bond donors (Lipinski definition) is 0. The lowest BCUT2D eigenvalue weighted by molar-refractivity contribution is 0.0526. The number of carbonyl (C=O) groups excluding carboxylic acids is 1. The Kier molecular flexibility index (Phi) is 3.41. The van der Waals surface area contributed by atoms with Crippen LogP contribution in [0.3, 0.4) is 0 Å². The second-order valence-corrected chi connectivity index (χ2v) is 3.92. The molecule has 0 aliphatic rings. The zero-order valence-electron chi connectivity index (χ0n) is 10.6. The van der Waals surface area contributed by atoms with E-state index in [-0.39, 0.29) is 0 Å². The largest absolute Gasteiger partial charge is 0.462 e. The van der Waals surface area contributed by atoms with Crippen LogP contribution in [-0.4, -0.2) is 22.7 Å². The average molecular weight is 246 g/mol. The molecule has 0 N–H and O–H groups in total. The summed E-state index contributed by atoms with van der Waals surface area (Å²) in [5, 5.41) is 3.84. The molecule has 5 nitrogen and oxygen atoms in total. The van der Waals surface area contributed by atoms with Crippen LogP contribution in [0.2, 0.25) is 0 Å². The lowest BCUT2D eigenvalue weighted by Gasteiger charge is -2.03. The third-order valence-electron chi connectivity index (χ3n) is 2.68. The van der Waals surface area contributed by atoms with Gasteiger partial charge in [0, 0.05) is 17.5 Å². The zero-order valence-corrected chi connectivity index (χ0v) is 10.6. The first-order chi connectivity index (χ1) is 8.63. The number of rotatable bonds is 3. The van der Waals surface area contributed by atoms with Crippen LogP contribution < -0.4 is 0 Å². The van der Waals surface area contributed by atoms with Crippen LogP contribution >= 0.6 is 0 Å². The monoisotopic (exact) mass is 246 g/mol. The fourth-order valence-corrected chi connectivity index (χ4v) is 1.57. The van der Waals surface area contributed by atoms with Crippen molar-refractivity contribution in [2.75, 3.05) is 6.61 Å². The average Bonchev–Trinajstić information content (AvgIpc) is 2.82. The van der Waals surface area contributed by atoms with E-state index >= 15 is 0 Å². The molecular formula is C13H14N2O3. The van der Waals surface area contributed by atoms with Crippen molar-refractivity contribution in [1.82, 2.24) is 10.1 Å². The van der Waals surface area contributed by atoms with E-state index < -0.39 is 5.97 Å². The predicted molar refractivity (Wildman–Crippen MR) is 65.2 cm³/mol. The molecule has 0 aliphatic carbocycles. The molecule has 2 heterocycles. The lowest BCUT2D eigenvalue weighted by atomic mass is 10.1. The summed E-state index contributed by atoms with van der Waals surface area (Å²) in [7, 11) is 0. The Labute approximate surface area is 105 Å². The van der Waals surface area contributed by atoms with Crippen molar-refractivity contribution in [2.24, 2.45) is 0 Å². The van der Waals surface area contributed by atoms with Gasteiger partial charge in [-0.1, -0.05) is 5.16 Å². The van der Waals surface area contributed by atoms with E-state index in [1.54, 1.807) is 13.1 Å². The van der Waals surface area contributed by atoms with Crippen LogP contribution in [0.5, 0.6) is 0 Å². The molecule has 94 valence electrons. The summed E-state index contributed by atoms with van der Waals surface area (Å²) < 4.78 is 9.80. The third kappa shape index (κ3) is 2.25. The van der Waals surface area contributed by atoms with Gasteiger partial charge in [0.1, 0.15) is 17.5 Å². The first-order valence-corrected chi connectivity index (χ1v) is 5.68. The molecule has 0 saturated heterocycles. The normalized spacial score (nSPS) is 10.4. The van der Waals surface area contributed by atoms with Crippen molar-refractivity contribution < 1.29 is 14.1 Å². The van der Waals surface area contributed by atoms with E-state index in [2.05, 4.69) is 10.1 Å². The van der Waals surface area contributed by atoms with Gasteiger partial charge in [0.25, 0.3) is 0 Å². The van der Waals surface area contributed by atoms with E-state index in [0.717, 1.165) is 16.8 Å². The van der Waals surface area contributed by atoms with Crippen LogP contribution in [0.1, 0.15) is 28.5 Å². The van der Waals surface area contributed by atoms with Crippen LogP contribution in [0.15, 0.2) is 23.0 Å². The Morgan fingerprint density at radius 1 is 1.44 bits per heavy atom. The standard InChI is InChI=1S/C13H14N2O3/c1-4-17-13(16)11-7-18-15-12(11)10-5-8(2)9(3)14-6-10/h5-7H,4H2,1-3H3. The van der Waals surface area contributed by atoms with Crippen LogP contribution in [0.25, 0.3) is 11.3 Å². The molecule has 0 unspecified atom stereocenters. The molecule has 0 aromatic carbocycles. The smallest absolute Gasteiger partial charge is 0.343 e. The summed E-state index contributed by atoms with van der Waals surface area (Å²) >= 11 is 0. The molecule has 0 fully saturated rings. The summed E-state index contributed by atoms with van der Waals surface area (Å²) in [5.74, 6) is -0.438. The Balaban J connectivity index is 2.42. The number of esters is 1. The number of carbonyl (C=O) groups is 1. The predicted octanol–water partition coefficient (Wildman–Crippen LogP) is 2.53. The van der Waals surface area contributed by atoms with Crippen molar-refractivity contribution >= 4 is 5.97 Å². The van der Waals surface area contributed by atoms with Gasteiger partial charge in [-0.2, -0.15) is 0 Å². The van der Waals surface area contributed by atoms with Crippen molar-refractivity contribution in [2.45, 2.75) is 20.8 Å². The van der Waals surface area contributed by atoms with Crippen molar-refractivity contribution in [3.63, 3.8) is 0 Å². The summed E-state index contributed by atoms with van der Waals surface area (Å²) in [6.45, 7) is 5.95. The highest BCUT2D eigenvalue weighted by Crippen LogP contribution is 2.23. The van der Waals surface area contributed by atoms with Crippen LogP contribution in [-0.2, 0) is 4.74 Å². The van der Waals surface area contributed by atoms with Crippen molar-refractivity contribution in [3.8, 4) is 11.3 Å². The minimum atomic E-state index is -0.438. The van der Waals surface area contributed by atoms with Gasteiger partial charge in [0.2, 0.25) is 0 Å². The Hall–Kier alpha value is -2.17. The number of pyridine rings is 1. The molecule has 0 amide bonds. The van der Waals surface area contributed by atoms with E-state index in [1.165, 1.54) is 6.26 Å². The summed E-state index contributed by atoms with van der Waals surface area (Å²) in [6, 6.07) is 1.92. The second-order valence-electron chi connectivity index (χ2n) is 3.92. The Bertz CT molecular complexity index is 575. The Morgan fingerprint density at radius 3 is 2.89 bits per heavy atom. The third-order valence-corrected chi connectivity index (χ3v) is 2.68. The number of hydrogen-bond acceptors (Lipinski definition) is 5. The molecule has 2 aromatic heterocycles.